The fourth-order valence-corrected chi connectivity index (χ4v) is 2.51. The monoisotopic (exact) mass is 311 g/mol. The summed E-state index contributed by atoms with van der Waals surface area (Å²) in [7, 11) is 0. The SMILES string of the molecule is Cc1ccc(Br)cc1C(=O)NCCC1CCCO1. The Morgan fingerprint density at radius 1 is 1.56 bits per heavy atom. The molecule has 1 unspecified atom stereocenters. The number of aryl methyl sites for hydroxylation is 1. The van der Waals surface area contributed by atoms with Gasteiger partial charge in [-0.3, -0.25) is 4.79 Å². The van der Waals surface area contributed by atoms with E-state index >= 15 is 0 Å². The average molecular weight is 312 g/mol. The first kappa shape index (κ1) is 13.6. The molecule has 2 rings (SSSR count). The molecular formula is C14H18BrNO2. The maximum absolute atomic E-state index is 12.0. The molecule has 1 aliphatic heterocycles. The Morgan fingerprint density at radius 3 is 3.11 bits per heavy atom. The van der Waals surface area contributed by atoms with E-state index in [1.165, 1.54) is 0 Å². The lowest BCUT2D eigenvalue weighted by Gasteiger charge is -2.11. The van der Waals surface area contributed by atoms with Crippen molar-refractivity contribution in [3.63, 3.8) is 0 Å². The van der Waals surface area contributed by atoms with Gasteiger partial charge in [-0.2, -0.15) is 0 Å². The third kappa shape index (κ3) is 3.56. The van der Waals surface area contributed by atoms with Gasteiger partial charge in [0, 0.05) is 23.2 Å². The fraction of sp³-hybridized carbons (Fsp3) is 0.500. The molecule has 1 amide bonds. The minimum Gasteiger partial charge on any atom is -0.378 e. The zero-order valence-electron chi connectivity index (χ0n) is 10.5. The maximum Gasteiger partial charge on any atom is 0.251 e. The quantitative estimate of drug-likeness (QED) is 0.928. The molecule has 0 bridgehead atoms. The van der Waals surface area contributed by atoms with Crippen molar-refractivity contribution in [1.82, 2.24) is 5.32 Å². The number of benzene rings is 1. The van der Waals surface area contributed by atoms with E-state index in [0.717, 1.165) is 41.5 Å². The molecular weight excluding hydrogens is 294 g/mol. The highest BCUT2D eigenvalue weighted by Gasteiger charge is 2.15. The summed E-state index contributed by atoms with van der Waals surface area (Å²) in [5, 5.41) is 2.95. The molecule has 18 heavy (non-hydrogen) atoms. The molecule has 1 aliphatic rings. The van der Waals surface area contributed by atoms with Crippen molar-refractivity contribution in [2.24, 2.45) is 0 Å². The number of ether oxygens (including phenoxy) is 1. The number of halogens is 1. The minimum atomic E-state index is -0.00760. The smallest absolute Gasteiger partial charge is 0.251 e. The lowest BCUT2D eigenvalue weighted by atomic mass is 10.1. The number of carbonyl (C=O) groups is 1. The van der Waals surface area contributed by atoms with Gasteiger partial charge >= 0.3 is 0 Å². The number of nitrogens with one attached hydrogen (secondary N) is 1. The molecule has 1 heterocycles. The molecule has 3 nitrogen and oxygen atoms in total. The summed E-state index contributed by atoms with van der Waals surface area (Å²) >= 11 is 3.39. The van der Waals surface area contributed by atoms with Crippen LogP contribution in [0.2, 0.25) is 0 Å². The molecule has 0 aromatic heterocycles. The van der Waals surface area contributed by atoms with Crippen molar-refractivity contribution in [1.29, 1.82) is 0 Å². The summed E-state index contributed by atoms with van der Waals surface area (Å²) in [4.78, 5) is 12.0. The van der Waals surface area contributed by atoms with Crippen LogP contribution < -0.4 is 5.32 Å². The number of amides is 1. The molecule has 0 radical (unpaired) electrons. The Hall–Kier alpha value is -0.870. The number of hydrogen-bond acceptors (Lipinski definition) is 2. The molecule has 1 aromatic rings. The van der Waals surface area contributed by atoms with Crippen molar-refractivity contribution >= 4 is 21.8 Å². The van der Waals surface area contributed by atoms with E-state index in [9.17, 15) is 4.79 Å². The van der Waals surface area contributed by atoms with Crippen molar-refractivity contribution in [2.75, 3.05) is 13.2 Å². The van der Waals surface area contributed by atoms with Crippen LogP contribution in [0.5, 0.6) is 0 Å². The summed E-state index contributed by atoms with van der Waals surface area (Å²) in [6, 6.07) is 5.74. The van der Waals surface area contributed by atoms with Gasteiger partial charge in [0.05, 0.1) is 6.10 Å². The van der Waals surface area contributed by atoms with E-state index in [1.807, 2.05) is 25.1 Å². The first-order valence-corrected chi connectivity index (χ1v) is 7.12. The van der Waals surface area contributed by atoms with E-state index in [4.69, 9.17) is 4.74 Å². The van der Waals surface area contributed by atoms with Crippen molar-refractivity contribution in [3.05, 3.63) is 33.8 Å². The largest absolute Gasteiger partial charge is 0.378 e. The highest BCUT2D eigenvalue weighted by molar-refractivity contribution is 9.10. The fourth-order valence-electron chi connectivity index (χ4n) is 2.15. The zero-order chi connectivity index (χ0) is 13.0. The van der Waals surface area contributed by atoms with Gasteiger partial charge in [-0.25, -0.2) is 0 Å². The average Bonchev–Trinajstić information content (AvgIpc) is 2.85. The standard InChI is InChI=1S/C14H18BrNO2/c1-10-4-5-11(15)9-13(10)14(17)16-7-6-12-3-2-8-18-12/h4-5,9,12H,2-3,6-8H2,1H3,(H,16,17). The third-order valence-electron chi connectivity index (χ3n) is 3.22. The normalized spacial score (nSPS) is 18.9. The second-order valence-corrected chi connectivity index (χ2v) is 5.55. The highest BCUT2D eigenvalue weighted by Crippen LogP contribution is 2.17. The third-order valence-corrected chi connectivity index (χ3v) is 3.71. The van der Waals surface area contributed by atoms with Crippen molar-refractivity contribution in [3.8, 4) is 0 Å². The number of hydrogen-bond donors (Lipinski definition) is 1. The molecule has 0 spiro atoms. The van der Waals surface area contributed by atoms with Crippen LogP contribution in [0.4, 0.5) is 0 Å². The van der Waals surface area contributed by atoms with E-state index in [1.54, 1.807) is 0 Å². The van der Waals surface area contributed by atoms with Gasteiger partial charge in [-0.05, 0) is 43.9 Å². The van der Waals surface area contributed by atoms with E-state index in [0.29, 0.717) is 12.6 Å². The molecule has 4 heteroatoms. The summed E-state index contributed by atoms with van der Waals surface area (Å²) in [6.45, 7) is 3.49. The topological polar surface area (TPSA) is 38.3 Å². The van der Waals surface area contributed by atoms with Gasteiger partial charge in [-0.1, -0.05) is 22.0 Å². The first-order chi connectivity index (χ1) is 8.66. The van der Waals surface area contributed by atoms with Crippen molar-refractivity contribution < 1.29 is 9.53 Å². The lowest BCUT2D eigenvalue weighted by molar-refractivity contribution is 0.0906. The van der Waals surface area contributed by atoms with E-state index in [2.05, 4.69) is 21.2 Å². The summed E-state index contributed by atoms with van der Waals surface area (Å²) in [5.74, 6) is -0.00760. The Balaban J connectivity index is 1.85. The molecule has 1 N–H and O–H groups in total. The maximum atomic E-state index is 12.0. The van der Waals surface area contributed by atoms with Gasteiger partial charge in [0.2, 0.25) is 0 Å². The van der Waals surface area contributed by atoms with Gasteiger partial charge < -0.3 is 10.1 Å². The zero-order valence-corrected chi connectivity index (χ0v) is 12.1. The molecule has 0 aliphatic carbocycles. The lowest BCUT2D eigenvalue weighted by Crippen LogP contribution is -2.27. The highest BCUT2D eigenvalue weighted by atomic mass is 79.9. The van der Waals surface area contributed by atoms with Crippen LogP contribution in [0.3, 0.4) is 0 Å². The van der Waals surface area contributed by atoms with Gasteiger partial charge in [-0.15, -0.1) is 0 Å². The Kier molecular flexibility index (Phi) is 4.78. The predicted molar refractivity (Wildman–Crippen MR) is 74.8 cm³/mol. The minimum absolute atomic E-state index is 0.00760. The molecule has 1 atom stereocenters. The van der Waals surface area contributed by atoms with Crippen LogP contribution >= 0.6 is 15.9 Å². The molecule has 1 fully saturated rings. The summed E-state index contributed by atoms with van der Waals surface area (Å²) in [6.07, 6.45) is 3.49. The Morgan fingerprint density at radius 2 is 2.39 bits per heavy atom. The molecule has 98 valence electrons. The van der Waals surface area contributed by atoms with Gasteiger partial charge in [0.1, 0.15) is 0 Å². The van der Waals surface area contributed by atoms with Crippen LogP contribution in [0.1, 0.15) is 35.2 Å². The second kappa shape index (κ2) is 6.34. The Labute approximate surface area is 116 Å². The summed E-state index contributed by atoms with van der Waals surface area (Å²) < 4.78 is 6.45. The first-order valence-electron chi connectivity index (χ1n) is 6.33. The van der Waals surface area contributed by atoms with Crippen LogP contribution in [-0.4, -0.2) is 25.2 Å². The Bertz CT molecular complexity index is 428. The van der Waals surface area contributed by atoms with E-state index < -0.39 is 0 Å². The molecule has 1 saturated heterocycles. The summed E-state index contributed by atoms with van der Waals surface area (Å²) in [5.41, 5.74) is 1.73. The predicted octanol–water partition coefficient (Wildman–Crippen LogP) is 3.06. The van der Waals surface area contributed by atoms with Crippen molar-refractivity contribution in [2.45, 2.75) is 32.3 Å². The molecule has 0 saturated carbocycles. The second-order valence-electron chi connectivity index (χ2n) is 4.64. The van der Waals surface area contributed by atoms with Crippen LogP contribution in [0.15, 0.2) is 22.7 Å². The van der Waals surface area contributed by atoms with Crippen LogP contribution in [0, 0.1) is 6.92 Å². The molecule has 1 aromatic carbocycles. The van der Waals surface area contributed by atoms with Crippen LogP contribution in [0.25, 0.3) is 0 Å². The van der Waals surface area contributed by atoms with Gasteiger partial charge in [0.15, 0.2) is 0 Å². The number of rotatable bonds is 4. The van der Waals surface area contributed by atoms with E-state index in [-0.39, 0.29) is 5.91 Å². The van der Waals surface area contributed by atoms with Gasteiger partial charge in [0.25, 0.3) is 5.91 Å². The van der Waals surface area contributed by atoms with Crippen LogP contribution in [-0.2, 0) is 4.74 Å². The number of carbonyl (C=O) groups excluding carboxylic acids is 1.